The lowest BCUT2D eigenvalue weighted by atomic mass is 10.0. The van der Waals surface area contributed by atoms with Crippen LogP contribution in [0, 0.1) is 0 Å². The van der Waals surface area contributed by atoms with Gasteiger partial charge in [-0.25, -0.2) is 4.79 Å². The van der Waals surface area contributed by atoms with Gasteiger partial charge >= 0.3 is 5.97 Å². The van der Waals surface area contributed by atoms with Gasteiger partial charge in [-0.05, 0) is 12.1 Å². The molecule has 1 aromatic heterocycles. The first-order valence-corrected chi connectivity index (χ1v) is 5.43. The Balaban J connectivity index is 2.59. The van der Waals surface area contributed by atoms with E-state index in [4.69, 9.17) is 9.47 Å². The van der Waals surface area contributed by atoms with E-state index in [0.717, 1.165) is 11.1 Å². The summed E-state index contributed by atoms with van der Waals surface area (Å²) in [7, 11) is 2.88. The molecule has 2 aromatic rings. The summed E-state index contributed by atoms with van der Waals surface area (Å²) in [4.78, 5) is 15.7. The van der Waals surface area contributed by atoms with Crippen LogP contribution in [-0.2, 0) is 4.74 Å². The van der Waals surface area contributed by atoms with E-state index in [0.29, 0.717) is 11.3 Å². The van der Waals surface area contributed by atoms with Crippen molar-refractivity contribution in [3.05, 3.63) is 48.3 Å². The van der Waals surface area contributed by atoms with Crippen LogP contribution >= 0.6 is 0 Å². The molecule has 0 saturated carbocycles. The molecule has 4 nitrogen and oxygen atoms in total. The lowest BCUT2D eigenvalue weighted by Gasteiger charge is -2.12. The summed E-state index contributed by atoms with van der Waals surface area (Å²) in [6.45, 7) is 0. The van der Waals surface area contributed by atoms with Crippen molar-refractivity contribution in [1.82, 2.24) is 4.98 Å². The standard InChI is InChI=1S/C14H13NO3/c1-17-13-11(10-5-4-8-15-9-10)6-3-7-12(13)14(16)18-2/h3-9H,1-2H3. The van der Waals surface area contributed by atoms with Crippen molar-refractivity contribution in [1.29, 1.82) is 0 Å². The summed E-state index contributed by atoms with van der Waals surface area (Å²) in [6.07, 6.45) is 3.42. The first kappa shape index (κ1) is 12.1. The highest BCUT2D eigenvalue weighted by Gasteiger charge is 2.16. The van der Waals surface area contributed by atoms with Crippen LogP contribution in [-0.4, -0.2) is 25.2 Å². The molecule has 0 saturated heterocycles. The minimum Gasteiger partial charge on any atom is -0.495 e. The lowest BCUT2D eigenvalue weighted by molar-refractivity contribution is 0.0597. The maximum atomic E-state index is 11.7. The zero-order chi connectivity index (χ0) is 13.0. The van der Waals surface area contributed by atoms with E-state index in [1.807, 2.05) is 18.2 Å². The Bertz CT molecular complexity index is 552. The van der Waals surface area contributed by atoms with Crippen molar-refractivity contribution in [3.8, 4) is 16.9 Å². The van der Waals surface area contributed by atoms with E-state index < -0.39 is 5.97 Å². The minimum atomic E-state index is -0.419. The number of benzene rings is 1. The molecule has 0 fully saturated rings. The molecule has 1 heterocycles. The van der Waals surface area contributed by atoms with E-state index in [1.165, 1.54) is 14.2 Å². The minimum absolute atomic E-state index is 0.404. The molecule has 0 radical (unpaired) electrons. The van der Waals surface area contributed by atoms with Gasteiger partial charge < -0.3 is 9.47 Å². The van der Waals surface area contributed by atoms with Crippen LogP contribution in [0.2, 0.25) is 0 Å². The summed E-state index contributed by atoms with van der Waals surface area (Å²) in [5.41, 5.74) is 2.11. The van der Waals surface area contributed by atoms with Gasteiger partial charge in [-0.2, -0.15) is 0 Å². The van der Waals surface area contributed by atoms with Crippen molar-refractivity contribution in [2.45, 2.75) is 0 Å². The Morgan fingerprint density at radius 1 is 1.17 bits per heavy atom. The molecule has 4 heteroatoms. The molecule has 0 unspecified atom stereocenters. The Kier molecular flexibility index (Phi) is 3.57. The number of para-hydroxylation sites is 1. The number of rotatable bonds is 3. The molecular weight excluding hydrogens is 230 g/mol. The van der Waals surface area contributed by atoms with Crippen LogP contribution in [0.15, 0.2) is 42.7 Å². The van der Waals surface area contributed by atoms with Gasteiger partial charge in [0, 0.05) is 23.5 Å². The van der Waals surface area contributed by atoms with Crippen molar-refractivity contribution in [3.63, 3.8) is 0 Å². The predicted octanol–water partition coefficient (Wildman–Crippen LogP) is 2.54. The molecule has 2 rings (SSSR count). The van der Waals surface area contributed by atoms with Gasteiger partial charge in [0.15, 0.2) is 0 Å². The molecule has 0 bridgehead atoms. The van der Waals surface area contributed by atoms with Crippen molar-refractivity contribution >= 4 is 5.97 Å². The summed E-state index contributed by atoms with van der Waals surface area (Å²) in [6, 6.07) is 9.08. The molecule has 92 valence electrons. The topological polar surface area (TPSA) is 48.4 Å². The van der Waals surface area contributed by atoms with Gasteiger partial charge in [0.2, 0.25) is 0 Å². The predicted molar refractivity (Wildman–Crippen MR) is 67.6 cm³/mol. The van der Waals surface area contributed by atoms with Crippen molar-refractivity contribution in [2.75, 3.05) is 14.2 Å². The van der Waals surface area contributed by atoms with Gasteiger partial charge in [-0.1, -0.05) is 18.2 Å². The molecular formula is C14H13NO3. The quantitative estimate of drug-likeness (QED) is 0.777. The number of esters is 1. The van der Waals surface area contributed by atoms with E-state index in [-0.39, 0.29) is 0 Å². The highest BCUT2D eigenvalue weighted by Crippen LogP contribution is 2.32. The van der Waals surface area contributed by atoms with E-state index >= 15 is 0 Å². The van der Waals surface area contributed by atoms with Crippen LogP contribution in [0.3, 0.4) is 0 Å². The van der Waals surface area contributed by atoms with Gasteiger partial charge in [0.25, 0.3) is 0 Å². The highest BCUT2D eigenvalue weighted by molar-refractivity contribution is 5.95. The third kappa shape index (κ3) is 2.18. The second-order valence-electron chi connectivity index (χ2n) is 3.62. The van der Waals surface area contributed by atoms with Crippen LogP contribution < -0.4 is 4.74 Å². The third-order valence-corrected chi connectivity index (χ3v) is 2.60. The van der Waals surface area contributed by atoms with Crippen molar-refractivity contribution in [2.24, 2.45) is 0 Å². The monoisotopic (exact) mass is 243 g/mol. The van der Waals surface area contributed by atoms with Gasteiger partial charge in [0.05, 0.1) is 14.2 Å². The SMILES string of the molecule is COC(=O)c1cccc(-c2cccnc2)c1OC. The maximum absolute atomic E-state index is 11.7. The number of carbonyl (C=O) groups excluding carboxylic acids is 1. The molecule has 18 heavy (non-hydrogen) atoms. The van der Waals surface area contributed by atoms with Crippen LogP contribution in [0.4, 0.5) is 0 Å². The van der Waals surface area contributed by atoms with Gasteiger partial charge in [0.1, 0.15) is 11.3 Å². The first-order valence-electron chi connectivity index (χ1n) is 5.43. The highest BCUT2D eigenvalue weighted by atomic mass is 16.5. The van der Waals surface area contributed by atoms with E-state index in [2.05, 4.69) is 4.98 Å². The largest absolute Gasteiger partial charge is 0.495 e. The van der Waals surface area contributed by atoms with Crippen LogP contribution in [0.25, 0.3) is 11.1 Å². The number of ether oxygens (including phenoxy) is 2. The first-order chi connectivity index (χ1) is 8.77. The molecule has 1 aromatic carbocycles. The van der Waals surface area contributed by atoms with E-state index in [1.54, 1.807) is 24.5 Å². The second-order valence-corrected chi connectivity index (χ2v) is 3.62. The summed E-state index contributed by atoms with van der Waals surface area (Å²) in [5.74, 6) is 0.0786. The molecule has 0 N–H and O–H groups in total. The number of methoxy groups -OCH3 is 2. The number of carbonyl (C=O) groups is 1. The Morgan fingerprint density at radius 2 is 2.00 bits per heavy atom. The number of hydrogen-bond acceptors (Lipinski definition) is 4. The Labute approximate surface area is 105 Å². The molecule has 0 aliphatic heterocycles. The summed E-state index contributed by atoms with van der Waals surface area (Å²) >= 11 is 0. The van der Waals surface area contributed by atoms with E-state index in [9.17, 15) is 4.79 Å². The average Bonchev–Trinajstić information content (AvgIpc) is 2.46. The summed E-state index contributed by atoms with van der Waals surface area (Å²) in [5, 5.41) is 0. The Hall–Kier alpha value is -2.36. The number of nitrogens with zero attached hydrogens (tertiary/aromatic N) is 1. The summed E-state index contributed by atoms with van der Waals surface area (Å²) < 4.78 is 10.1. The normalized spacial score (nSPS) is 9.89. The van der Waals surface area contributed by atoms with Crippen molar-refractivity contribution < 1.29 is 14.3 Å². The number of pyridine rings is 1. The fraction of sp³-hybridized carbons (Fsp3) is 0.143. The molecule has 0 spiro atoms. The second kappa shape index (κ2) is 5.31. The number of hydrogen-bond donors (Lipinski definition) is 0. The molecule has 0 amide bonds. The smallest absolute Gasteiger partial charge is 0.341 e. The van der Waals surface area contributed by atoms with Gasteiger partial charge in [-0.15, -0.1) is 0 Å². The zero-order valence-electron chi connectivity index (χ0n) is 10.2. The molecule has 0 aliphatic carbocycles. The Morgan fingerprint density at radius 3 is 2.61 bits per heavy atom. The zero-order valence-corrected chi connectivity index (χ0v) is 10.2. The fourth-order valence-electron chi connectivity index (χ4n) is 1.78. The van der Waals surface area contributed by atoms with Crippen LogP contribution in [0.5, 0.6) is 5.75 Å². The van der Waals surface area contributed by atoms with Crippen LogP contribution in [0.1, 0.15) is 10.4 Å². The molecule has 0 aliphatic rings. The lowest BCUT2D eigenvalue weighted by Crippen LogP contribution is -2.04. The number of aromatic nitrogens is 1. The molecule has 0 atom stereocenters. The third-order valence-electron chi connectivity index (χ3n) is 2.60. The van der Waals surface area contributed by atoms with Gasteiger partial charge in [-0.3, -0.25) is 4.98 Å². The average molecular weight is 243 g/mol. The fourth-order valence-corrected chi connectivity index (χ4v) is 1.78. The maximum Gasteiger partial charge on any atom is 0.341 e.